The summed E-state index contributed by atoms with van der Waals surface area (Å²) < 4.78 is 0. The number of hydrogen-bond acceptors (Lipinski definition) is 2. The largest absolute Gasteiger partial charge is 0.330 e. The summed E-state index contributed by atoms with van der Waals surface area (Å²) in [4.78, 5) is 4.01. The van der Waals surface area contributed by atoms with Gasteiger partial charge < -0.3 is 5.73 Å². The molecule has 1 heterocycles. The second-order valence-corrected chi connectivity index (χ2v) is 2.86. The lowest BCUT2D eigenvalue weighted by Crippen LogP contribution is -2.07. The molecular formula is C10H14N2. The van der Waals surface area contributed by atoms with E-state index in [-0.39, 0.29) is 0 Å². The van der Waals surface area contributed by atoms with Gasteiger partial charge >= 0.3 is 0 Å². The maximum absolute atomic E-state index is 5.47. The van der Waals surface area contributed by atoms with Crippen LogP contribution in [0.5, 0.6) is 0 Å². The van der Waals surface area contributed by atoms with Crippen molar-refractivity contribution in [3.05, 3.63) is 36.2 Å². The van der Waals surface area contributed by atoms with E-state index in [0.29, 0.717) is 12.5 Å². The summed E-state index contributed by atoms with van der Waals surface area (Å²) in [7, 11) is 0. The van der Waals surface area contributed by atoms with Crippen molar-refractivity contribution in [2.24, 2.45) is 11.7 Å². The van der Waals surface area contributed by atoms with Crippen molar-refractivity contribution in [3.63, 3.8) is 0 Å². The van der Waals surface area contributed by atoms with Gasteiger partial charge in [-0.25, -0.2) is 0 Å². The fraction of sp³-hybridized carbons (Fsp3) is 0.300. The number of rotatable bonds is 3. The maximum Gasteiger partial charge on any atom is 0.0340 e. The predicted octanol–water partition coefficient (Wildman–Crippen LogP) is 1.69. The summed E-state index contributed by atoms with van der Waals surface area (Å²) in [5.41, 5.74) is 6.59. The third-order valence-corrected chi connectivity index (χ3v) is 1.67. The van der Waals surface area contributed by atoms with Crippen LogP contribution in [0.15, 0.2) is 30.6 Å². The first-order valence-electron chi connectivity index (χ1n) is 4.11. The van der Waals surface area contributed by atoms with E-state index >= 15 is 0 Å². The van der Waals surface area contributed by atoms with Crippen molar-refractivity contribution in [1.29, 1.82) is 0 Å². The SMILES string of the molecule is CC(/C=C/c1cccnc1)CN. The van der Waals surface area contributed by atoms with E-state index in [0.717, 1.165) is 5.56 Å². The van der Waals surface area contributed by atoms with Gasteiger partial charge in [-0.15, -0.1) is 0 Å². The van der Waals surface area contributed by atoms with E-state index in [1.165, 1.54) is 0 Å². The smallest absolute Gasteiger partial charge is 0.0340 e. The van der Waals surface area contributed by atoms with Crippen LogP contribution in [0, 0.1) is 5.92 Å². The summed E-state index contributed by atoms with van der Waals surface area (Å²) in [5.74, 6) is 0.435. The molecule has 0 radical (unpaired) electrons. The molecule has 0 aliphatic carbocycles. The molecule has 0 amide bonds. The molecule has 1 atom stereocenters. The van der Waals surface area contributed by atoms with Crippen LogP contribution in [0.25, 0.3) is 6.08 Å². The lowest BCUT2D eigenvalue weighted by molar-refractivity contribution is 0.743. The third kappa shape index (κ3) is 2.84. The Hall–Kier alpha value is -1.15. The highest BCUT2D eigenvalue weighted by molar-refractivity contribution is 5.47. The van der Waals surface area contributed by atoms with Crippen LogP contribution in [0.4, 0.5) is 0 Å². The summed E-state index contributed by atoms with van der Waals surface area (Å²) in [5, 5.41) is 0. The van der Waals surface area contributed by atoms with Gasteiger partial charge in [0.1, 0.15) is 0 Å². The molecule has 0 fully saturated rings. The Kier molecular flexibility index (Phi) is 3.48. The molecule has 0 saturated heterocycles. The summed E-state index contributed by atoms with van der Waals surface area (Å²) in [6.07, 6.45) is 7.74. The van der Waals surface area contributed by atoms with Crippen LogP contribution in [0.2, 0.25) is 0 Å². The molecule has 1 unspecified atom stereocenters. The van der Waals surface area contributed by atoms with Gasteiger partial charge in [0.25, 0.3) is 0 Å². The molecule has 0 bridgehead atoms. The zero-order valence-corrected chi connectivity index (χ0v) is 7.27. The Balaban J connectivity index is 2.58. The first-order chi connectivity index (χ1) is 5.83. The van der Waals surface area contributed by atoms with Crippen molar-refractivity contribution in [2.45, 2.75) is 6.92 Å². The maximum atomic E-state index is 5.47. The van der Waals surface area contributed by atoms with Gasteiger partial charge in [-0.3, -0.25) is 4.98 Å². The summed E-state index contributed by atoms with van der Waals surface area (Å²) >= 11 is 0. The lowest BCUT2D eigenvalue weighted by Gasteiger charge is -1.98. The van der Waals surface area contributed by atoms with Crippen molar-refractivity contribution in [2.75, 3.05) is 6.54 Å². The van der Waals surface area contributed by atoms with Gasteiger partial charge in [-0.2, -0.15) is 0 Å². The molecular weight excluding hydrogens is 148 g/mol. The van der Waals surface area contributed by atoms with Gasteiger partial charge in [0.15, 0.2) is 0 Å². The fourth-order valence-electron chi connectivity index (χ4n) is 0.829. The molecule has 64 valence electrons. The van der Waals surface area contributed by atoms with Crippen LogP contribution >= 0.6 is 0 Å². The molecule has 1 aromatic heterocycles. The normalized spacial score (nSPS) is 13.5. The van der Waals surface area contributed by atoms with E-state index in [9.17, 15) is 0 Å². The second-order valence-electron chi connectivity index (χ2n) is 2.86. The molecule has 0 aliphatic rings. The standard InChI is InChI=1S/C10H14N2/c1-9(7-11)4-5-10-3-2-6-12-8-10/h2-6,8-9H,7,11H2,1H3/b5-4+. The number of nitrogens with two attached hydrogens (primary N) is 1. The molecule has 2 N–H and O–H groups in total. The topological polar surface area (TPSA) is 38.9 Å². The van der Waals surface area contributed by atoms with E-state index in [1.54, 1.807) is 6.20 Å². The van der Waals surface area contributed by atoms with E-state index in [2.05, 4.69) is 18.0 Å². The molecule has 12 heavy (non-hydrogen) atoms. The average Bonchev–Trinajstić information content (AvgIpc) is 2.16. The van der Waals surface area contributed by atoms with Gasteiger partial charge in [0.05, 0.1) is 0 Å². The van der Waals surface area contributed by atoms with Crippen LogP contribution in [0.3, 0.4) is 0 Å². The molecule has 2 heteroatoms. The van der Waals surface area contributed by atoms with Crippen LogP contribution in [0.1, 0.15) is 12.5 Å². The molecule has 0 saturated carbocycles. The molecule has 1 aromatic rings. The van der Waals surface area contributed by atoms with Crippen molar-refractivity contribution in [1.82, 2.24) is 4.98 Å². The van der Waals surface area contributed by atoms with Crippen LogP contribution in [-0.4, -0.2) is 11.5 Å². The molecule has 0 aromatic carbocycles. The first-order valence-corrected chi connectivity index (χ1v) is 4.11. The lowest BCUT2D eigenvalue weighted by atomic mass is 10.1. The molecule has 1 rings (SSSR count). The van der Waals surface area contributed by atoms with Crippen LogP contribution < -0.4 is 5.73 Å². The number of hydrogen-bond donors (Lipinski definition) is 1. The van der Waals surface area contributed by atoms with Gasteiger partial charge in [-0.05, 0) is 24.1 Å². The van der Waals surface area contributed by atoms with Crippen molar-refractivity contribution >= 4 is 6.08 Å². The Morgan fingerprint density at radius 3 is 3.08 bits per heavy atom. The number of pyridine rings is 1. The Labute approximate surface area is 73.1 Å². The van der Waals surface area contributed by atoms with Gasteiger partial charge in [0, 0.05) is 12.4 Å². The monoisotopic (exact) mass is 162 g/mol. The molecule has 0 aliphatic heterocycles. The first kappa shape index (κ1) is 8.94. The van der Waals surface area contributed by atoms with Gasteiger partial charge in [-0.1, -0.05) is 25.1 Å². The minimum atomic E-state index is 0.435. The van der Waals surface area contributed by atoms with Crippen molar-refractivity contribution in [3.8, 4) is 0 Å². The molecule has 0 spiro atoms. The van der Waals surface area contributed by atoms with E-state index in [1.807, 2.05) is 24.4 Å². The van der Waals surface area contributed by atoms with Crippen LogP contribution in [-0.2, 0) is 0 Å². The van der Waals surface area contributed by atoms with Gasteiger partial charge in [0.2, 0.25) is 0 Å². The highest BCUT2D eigenvalue weighted by Gasteiger charge is 1.90. The highest BCUT2D eigenvalue weighted by Crippen LogP contribution is 2.02. The number of aromatic nitrogens is 1. The third-order valence-electron chi connectivity index (χ3n) is 1.67. The quantitative estimate of drug-likeness (QED) is 0.734. The summed E-state index contributed by atoms with van der Waals surface area (Å²) in [6.45, 7) is 2.78. The average molecular weight is 162 g/mol. The minimum Gasteiger partial charge on any atom is -0.330 e. The Morgan fingerprint density at radius 2 is 2.50 bits per heavy atom. The molecule has 2 nitrogen and oxygen atoms in total. The fourth-order valence-corrected chi connectivity index (χ4v) is 0.829. The van der Waals surface area contributed by atoms with E-state index in [4.69, 9.17) is 5.73 Å². The van der Waals surface area contributed by atoms with Crippen molar-refractivity contribution < 1.29 is 0 Å². The zero-order valence-electron chi connectivity index (χ0n) is 7.27. The Bertz CT molecular complexity index is 241. The minimum absolute atomic E-state index is 0.435. The second kappa shape index (κ2) is 4.67. The summed E-state index contributed by atoms with van der Waals surface area (Å²) in [6, 6.07) is 3.94. The highest BCUT2D eigenvalue weighted by atomic mass is 14.6. The van der Waals surface area contributed by atoms with E-state index < -0.39 is 0 Å². The Morgan fingerprint density at radius 1 is 1.67 bits per heavy atom. The number of nitrogens with zero attached hydrogens (tertiary/aromatic N) is 1. The predicted molar refractivity (Wildman–Crippen MR) is 51.5 cm³/mol. The zero-order chi connectivity index (χ0) is 8.81.